The lowest BCUT2D eigenvalue weighted by atomic mass is 10.1. The molecule has 0 saturated carbocycles. The topological polar surface area (TPSA) is 83.5 Å². The minimum absolute atomic E-state index is 0.00000567. The molecule has 1 rings (SSSR count). The normalized spacial score (nSPS) is 13.4. The van der Waals surface area contributed by atoms with Crippen molar-refractivity contribution in [3.05, 3.63) is 28.8 Å². The first kappa shape index (κ1) is 16.9. The summed E-state index contributed by atoms with van der Waals surface area (Å²) in [5, 5.41) is 9.39. The van der Waals surface area contributed by atoms with E-state index in [1.54, 1.807) is 19.1 Å². The molecule has 0 fully saturated rings. The number of nitrogens with one attached hydrogen (secondary N) is 1. The fourth-order valence-corrected chi connectivity index (χ4v) is 3.49. The Labute approximate surface area is 124 Å². The van der Waals surface area contributed by atoms with Crippen LogP contribution in [0, 0.1) is 12.8 Å². The van der Waals surface area contributed by atoms with Crippen LogP contribution in [0.5, 0.6) is 0 Å². The van der Waals surface area contributed by atoms with Crippen LogP contribution in [-0.2, 0) is 14.8 Å². The summed E-state index contributed by atoms with van der Waals surface area (Å²) in [6.07, 6.45) is 0.216. The van der Waals surface area contributed by atoms with Gasteiger partial charge < -0.3 is 5.11 Å². The third-order valence-electron chi connectivity index (χ3n) is 2.74. The fraction of sp³-hybridized carbons (Fsp3) is 0.462. The van der Waals surface area contributed by atoms with Gasteiger partial charge in [-0.3, -0.25) is 4.79 Å². The number of carbonyl (C=O) groups is 1. The molecule has 112 valence electrons. The van der Waals surface area contributed by atoms with Crippen LogP contribution in [0.25, 0.3) is 0 Å². The highest BCUT2D eigenvalue weighted by molar-refractivity contribution is 7.89. The summed E-state index contributed by atoms with van der Waals surface area (Å²) in [6, 6.07) is 3.32. The van der Waals surface area contributed by atoms with Crippen LogP contribution in [0.4, 0.5) is 0 Å². The summed E-state index contributed by atoms with van der Waals surface area (Å²) in [5.41, 5.74) is 0.510. The van der Waals surface area contributed by atoms with Gasteiger partial charge in [-0.05, 0) is 37.0 Å². The molecule has 5 nitrogen and oxygen atoms in total. The quantitative estimate of drug-likeness (QED) is 0.843. The van der Waals surface area contributed by atoms with Crippen molar-refractivity contribution in [3.63, 3.8) is 0 Å². The highest BCUT2D eigenvalue weighted by Crippen LogP contribution is 2.21. The average molecular weight is 320 g/mol. The van der Waals surface area contributed by atoms with Crippen molar-refractivity contribution in [2.45, 2.75) is 38.1 Å². The molecule has 0 aromatic heterocycles. The van der Waals surface area contributed by atoms with Gasteiger partial charge in [0.05, 0.1) is 4.90 Å². The minimum atomic E-state index is -3.92. The van der Waals surface area contributed by atoms with E-state index in [9.17, 15) is 13.2 Å². The van der Waals surface area contributed by atoms with Gasteiger partial charge >= 0.3 is 5.97 Å². The first-order chi connectivity index (χ1) is 9.13. The van der Waals surface area contributed by atoms with E-state index < -0.39 is 22.0 Å². The smallest absolute Gasteiger partial charge is 0.321 e. The van der Waals surface area contributed by atoms with Gasteiger partial charge in [0.15, 0.2) is 0 Å². The molecule has 0 unspecified atom stereocenters. The van der Waals surface area contributed by atoms with Gasteiger partial charge in [0.1, 0.15) is 6.04 Å². The molecule has 0 radical (unpaired) electrons. The molecule has 0 saturated heterocycles. The van der Waals surface area contributed by atoms with Crippen molar-refractivity contribution in [2.24, 2.45) is 5.92 Å². The molecule has 0 aliphatic rings. The Bertz CT molecular complexity index is 598. The molecule has 0 bridgehead atoms. The zero-order valence-electron chi connectivity index (χ0n) is 11.6. The summed E-state index contributed by atoms with van der Waals surface area (Å²) >= 11 is 5.80. The molecule has 0 heterocycles. The average Bonchev–Trinajstić information content (AvgIpc) is 2.30. The zero-order chi connectivity index (χ0) is 15.5. The number of benzene rings is 1. The van der Waals surface area contributed by atoms with Crippen molar-refractivity contribution in [1.29, 1.82) is 0 Å². The predicted octanol–water partition coefficient (Wildman–Crippen LogP) is 2.43. The molecule has 1 aromatic carbocycles. The fourth-order valence-electron chi connectivity index (χ4n) is 1.78. The number of hydrogen-bond acceptors (Lipinski definition) is 3. The highest BCUT2D eigenvalue weighted by Gasteiger charge is 2.27. The van der Waals surface area contributed by atoms with Gasteiger partial charge in [-0.25, -0.2) is 8.42 Å². The summed E-state index contributed by atoms with van der Waals surface area (Å²) in [5.74, 6) is -1.14. The maximum Gasteiger partial charge on any atom is 0.321 e. The van der Waals surface area contributed by atoms with E-state index in [0.29, 0.717) is 5.56 Å². The van der Waals surface area contributed by atoms with E-state index in [2.05, 4.69) is 4.72 Å². The van der Waals surface area contributed by atoms with E-state index in [0.717, 1.165) is 0 Å². The van der Waals surface area contributed by atoms with Crippen LogP contribution in [0.3, 0.4) is 0 Å². The molecule has 7 heteroatoms. The van der Waals surface area contributed by atoms with Crippen molar-refractivity contribution in [1.82, 2.24) is 4.72 Å². The number of aryl methyl sites for hydroxylation is 1. The van der Waals surface area contributed by atoms with E-state index in [1.165, 1.54) is 6.07 Å². The van der Waals surface area contributed by atoms with Crippen molar-refractivity contribution >= 4 is 27.6 Å². The van der Waals surface area contributed by atoms with Gasteiger partial charge in [0.25, 0.3) is 0 Å². The standard InChI is InChI=1S/C13H18ClNO4S/c1-8(2)6-11(13(16)17)15-20(18,19)12-7-10(14)5-4-9(12)3/h4-5,7-8,11,15H,6H2,1-3H3,(H,16,17)/t11-/m1/s1. The Hall–Kier alpha value is -1.11. The van der Waals surface area contributed by atoms with Crippen LogP contribution in [0.2, 0.25) is 5.02 Å². The van der Waals surface area contributed by atoms with Crippen molar-refractivity contribution in [3.8, 4) is 0 Å². The SMILES string of the molecule is Cc1ccc(Cl)cc1S(=O)(=O)N[C@H](CC(C)C)C(=O)O. The second-order valence-corrected chi connectivity index (χ2v) is 7.17. The van der Waals surface area contributed by atoms with Crippen LogP contribution < -0.4 is 4.72 Å². The monoisotopic (exact) mass is 319 g/mol. The lowest BCUT2D eigenvalue weighted by Crippen LogP contribution is -2.41. The number of hydrogen-bond donors (Lipinski definition) is 2. The Morgan fingerprint density at radius 2 is 2.00 bits per heavy atom. The molecule has 1 aromatic rings. The number of halogens is 1. The molecule has 0 spiro atoms. The molecule has 1 atom stereocenters. The maximum absolute atomic E-state index is 12.3. The first-order valence-corrected chi connectivity index (χ1v) is 8.01. The lowest BCUT2D eigenvalue weighted by molar-refractivity contribution is -0.139. The predicted molar refractivity (Wildman–Crippen MR) is 77.4 cm³/mol. The highest BCUT2D eigenvalue weighted by atomic mass is 35.5. The van der Waals surface area contributed by atoms with Crippen LogP contribution in [-0.4, -0.2) is 25.5 Å². The summed E-state index contributed by atoms with van der Waals surface area (Å²) in [4.78, 5) is 11.1. The number of sulfonamides is 1. The summed E-state index contributed by atoms with van der Waals surface area (Å²) < 4.78 is 26.8. The van der Waals surface area contributed by atoms with Gasteiger partial charge in [0.2, 0.25) is 10.0 Å². The van der Waals surface area contributed by atoms with Gasteiger partial charge in [0, 0.05) is 5.02 Å². The molecular weight excluding hydrogens is 302 g/mol. The summed E-state index contributed by atoms with van der Waals surface area (Å²) in [7, 11) is -3.92. The van der Waals surface area contributed by atoms with Crippen molar-refractivity contribution < 1.29 is 18.3 Å². The third kappa shape index (κ3) is 4.47. The largest absolute Gasteiger partial charge is 0.480 e. The molecule has 0 aliphatic carbocycles. The van der Waals surface area contributed by atoms with Gasteiger partial charge in [-0.1, -0.05) is 31.5 Å². The second kappa shape index (κ2) is 6.56. The van der Waals surface area contributed by atoms with E-state index in [-0.39, 0.29) is 22.3 Å². The number of carboxylic acids is 1. The zero-order valence-corrected chi connectivity index (χ0v) is 13.1. The maximum atomic E-state index is 12.3. The molecule has 20 heavy (non-hydrogen) atoms. The first-order valence-electron chi connectivity index (χ1n) is 6.14. The van der Waals surface area contributed by atoms with Gasteiger partial charge in [-0.15, -0.1) is 0 Å². The van der Waals surface area contributed by atoms with Crippen LogP contribution >= 0.6 is 11.6 Å². The Kier molecular flexibility index (Phi) is 5.56. The Morgan fingerprint density at radius 1 is 1.40 bits per heavy atom. The number of aliphatic carboxylic acids is 1. The van der Waals surface area contributed by atoms with Crippen LogP contribution in [0.15, 0.2) is 23.1 Å². The third-order valence-corrected chi connectivity index (χ3v) is 4.59. The Morgan fingerprint density at radius 3 is 2.50 bits per heavy atom. The molecule has 0 amide bonds. The second-order valence-electron chi connectivity index (χ2n) is 5.05. The van der Waals surface area contributed by atoms with Crippen molar-refractivity contribution in [2.75, 3.05) is 0 Å². The van der Waals surface area contributed by atoms with Crippen LogP contribution in [0.1, 0.15) is 25.8 Å². The van der Waals surface area contributed by atoms with E-state index >= 15 is 0 Å². The molecule has 2 N–H and O–H groups in total. The Balaban J connectivity index is 3.09. The summed E-state index contributed by atoms with van der Waals surface area (Å²) in [6.45, 7) is 5.28. The minimum Gasteiger partial charge on any atom is -0.480 e. The van der Waals surface area contributed by atoms with Gasteiger partial charge in [-0.2, -0.15) is 4.72 Å². The molecular formula is C13H18ClNO4S. The van der Waals surface area contributed by atoms with E-state index in [4.69, 9.17) is 16.7 Å². The lowest BCUT2D eigenvalue weighted by Gasteiger charge is -2.17. The number of carboxylic acid groups (broad SMARTS) is 1. The number of rotatable bonds is 6. The van der Waals surface area contributed by atoms with E-state index in [1.807, 2.05) is 13.8 Å². The molecule has 0 aliphatic heterocycles.